The Morgan fingerprint density at radius 1 is 0.861 bits per heavy atom. The second-order valence-electron chi connectivity index (χ2n) is 8.94. The van der Waals surface area contributed by atoms with Gasteiger partial charge in [-0.3, -0.25) is 10.1 Å². The summed E-state index contributed by atoms with van der Waals surface area (Å²) in [5, 5.41) is 10.7. The first-order valence-corrected chi connectivity index (χ1v) is 11.2. The molecular formula is C26H35N3O7. The van der Waals surface area contributed by atoms with Crippen molar-refractivity contribution in [2.24, 2.45) is 10.7 Å². The van der Waals surface area contributed by atoms with Crippen LogP contribution < -0.4 is 20.5 Å². The Labute approximate surface area is 211 Å². The van der Waals surface area contributed by atoms with Gasteiger partial charge in [0.05, 0.1) is 0 Å². The minimum absolute atomic E-state index is 0.240. The van der Waals surface area contributed by atoms with Crippen LogP contribution in [0.4, 0.5) is 4.79 Å². The van der Waals surface area contributed by atoms with E-state index >= 15 is 0 Å². The highest BCUT2D eigenvalue weighted by molar-refractivity contribution is 6.00. The van der Waals surface area contributed by atoms with Gasteiger partial charge in [-0.1, -0.05) is 36.4 Å². The summed E-state index contributed by atoms with van der Waals surface area (Å²) in [6.45, 7) is 12.1. The average Bonchev–Trinajstić information content (AvgIpc) is 2.71. The van der Waals surface area contributed by atoms with Crippen LogP contribution in [0.2, 0.25) is 0 Å². The third kappa shape index (κ3) is 11.4. The van der Waals surface area contributed by atoms with Gasteiger partial charge in [-0.05, 0) is 70.7 Å². The van der Waals surface area contributed by atoms with Gasteiger partial charge >= 0.3 is 12.1 Å². The number of carboxylic acids is 1. The molecule has 0 bridgehead atoms. The van der Waals surface area contributed by atoms with Crippen LogP contribution in [0.25, 0.3) is 0 Å². The SMILES string of the molecule is Cc1cccc(C)c1OCC(=O)NC(N)=NC(=O)OC(C)(C)C.Cc1cccc(C)c1OCC(=O)O. The number of nitrogens with zero attached hydrogens (tertiary/aromatic N) is 1. The largest absolute Gasteiger partial charge is 0.483 e. The van der Waals surface area contributed by atoms with Crippen molar-refractivity contribution in [3.05, 3.63) is 58.7 Å². The number of aliphatic carboxylic acids is 1. The molecule has 36 heavy (non-hydrogen) atoms. The van der Waals surface area contributed by atoms with Crippen molar-refractivity contribution < 1.29 is 33.7 Å². The van der Waals surface area contributed by atoms with Crippen molar-refractivity contribution in [3.63, 3.8) is 0 Å². The number of para-hydroxylation sites is 2. The maximum atomic E-state index is 11.8. The fraction of sp³-hybridized carbons (Fsp3) is 0.385. The number of ether oxygens (including phenoxy) is 3. The molecule has 0 aliphatic rings. The number of carboxylic acid groups (broad SMARTS) is 1. The average molecular weight is 502 g/mol. The summed E-state index contributed by atoms with van der Waals surface area (Å²) in [6, 6.07) is 11.4. The van der Waals surface area contributed by atoms with E-state index in [-0.39, 0.29) is 19.2 Å². The van der Waals surface area contributed by atoms with Crippen molar-refractivity contribution >= 4 is 23.9 Å². The fourth-order valence-corrected chi connectivity index (χ4v) is 2.92. The molecule has 196 valence electrons. The van der Waals surface area contributed by atoms with Gasteiger partial charge in [0.15, 0.2) is 13.2 Å². The summed E-state index contributed by atoms with van der Waals surface area (Å²) < 4.78 is 15.6. The number of guanidine groups is 1. The molecule has 0 fully saturated rings. The predicted molar refractivity (Wildman–Crippen MR) is 136 cm³/mol. The molecule has 0 unspecified atom stereocenters. The van der Waals surface area contributed by atoms with Gasteiger partial charge in [0, 0.05) is 0 Å². The van der Waals surface area contributed by atoms with Crippen molar-refractivity contribution in [2.45, 2.75) is 54.1 Å². The van der Waals surface area contributed by atoms with E-state index in [1.165, 1.54) is 0 Å². The molecule has 0 saturated carbocycles. The Bertz CT molecular complexity index is 1060. The third-order valence-electron chi connectivity index (χ3n) is 4.38. The number of rotatable bonds is 6. The van der Waals surface area contributed by atoms with E-state index in [4.69, 9.17) is 25.1 Å². The van der Waals surface area contributed by atoms with E-state index in [1.54, 1.807) is 20.8 Å². The van der Waals surface area contributed by atoms with Crippen molar-refractivity contribution in [1.82, 2.24) is 5.32 Å². The van der Waals surface area contributed by atoms with Gasteiger partial charge in [-0.25, -0.2) is 9.59 Å². The lowest BCUT2D eigenvalue weighted by Crippen LogP contribution is -2.40. The van der Waals surface area contributed by atoms with Gasteiger partial charge in [-0.15, -0.1) is 4.99 Å². The fourth-order valence-electron chi connectivity index (χ4n) is 2.92. The minimum Gasteiger partial charge on any atom is -0.483 e. The van der Waals surface area contributed by atoms with E-state index in [0.29, 0.717) is 11.5 Å². The van der Waals surface area contributed by atoms with Gasteiger partial charge in [0.1, 0.15) is 17.1 Å². The first kappa shape index (κ1) is 30.0. The molecule has 2 rings (SSSR count). The highest BCUT2D eigenvalue weighted by Crippen LogP contribution is 2.22. The molecule has 4 N–H and O–H groups in total. The van der Waals surface area contributed by atoms with Crippen LogP contribution in [0.5, 0.6) is 11.5 Å². The highest BCUT2D eigenvalue weighted by Gasteiger charge is 2.16. The van der Waals surface area contributed by atoms with Crippen molar-refractivity contribution in [2.75, 3.05) is 13.2 Å². The molecule has 0 radical (unpaired) electrons. The number of hydrogen-bond acceptors (Lipinski definition) is 6. The van der Waals surface area contributed by atoms with E-state index in [0.717, 1.165) is 22.3 Å². The van der Waals surface area contributed by atoms with Gasteiger partial charge in [0.25, 0.3) is 5.91 Å². The Hall–Kier alpha value is -4.08. The van der Waals surface area contributed by atoms with Crippen LogP contribution in [-0.4, -0.2) is 47.9 Å². The number of carbonyl (C=O) groups excluding carboxylic acids is 2. The number of aryl methyl sites for hydroxylation is 4. The van der Waals surface area contributed by atoms with Gasteiger partial charge in [0.2, 0.25) is 5.96 Å². The van der Waals surface area contributed by atoms with Crippen LogP contribution in [0.3, 0.4) is 0 Å². The molecule has 10 heteroatoms. The lowest BCUT2D eigenvalue weighted by Gasteiger charge is -2.17. The summed E-state index contributed by atoms with van der Waals surface area (Å²) in [4.78, 5) is 36.9. The normalized spacial score (nSPS) is 11.0. The summed E-state index contributed by atoms with van der Waals surface area (Å²) in [7, 11) is 0. The van der Waals surface area contributed by atoms with Crippen molar-refractivity contribution in [3.8, 4) is 11.5 Å². The van der Waals surface area contributed by atoms with Crippen LogP contribution in [-0.2, 0) is 14.3 Å². The maximum absolute atomic E-state index is 11.8. The first-order valence-electron chi connectivity index (χ1n) is 11.2. The maximum Gasteiger partial charge on any atom is 0.437 e. The monoisotopic (exact) mass is 501 g/mol. The quantitative estimate of drug-likeness (QED) is 0.399. The molecule has 2 aromatic carbocycles. The molecule has 0 heterocycles. The van der Waals surface area contributed by atoms with Crippen LogP contribution >= 0.6 is 0 Å². The number of aliphatic imine (C=N–C) groups is 1. The third-order valence-corrected chi connectivity index (χ3v) is 4.38. The molecule has 10 nitrogen and oxygen atoms in total. The molecule has 0 aliphatic heterocycles. The molecule has 0 aliphatic carbocycles. The number of amides is 2. The second-order valence-corrected chi connectivity index (χ2v) is 8.94. The number of carbonyl (C=O) groups is 3. The molecule has 0 atom stereocenters. The Kier molecular flexibility index (Phi) is 11.4. The van der Waals surface area contributed by atoms with E-state index in [1.807, 2.05) is 64.1 Å². The highest BCUT2D eigenvalue weighted by atomic mass is 16.6. The smallest absolute Gasteiger partial charge is 0.437 e. The lowest BCUT2D eigenvalue weighted by atomic mass is 10.1. The Morgan fingerprint density at radius 2 is 1.28 bits per heavy atom. The van der Waals surface area contributed by atoms with E-state index in [9.17, 15) is 14.4 Å². The minimum atomic E-state index is -0.956. The summed E-state index contributed by atoms with van der Waals surface area (Å²) in [5.74, 6) is -0.496. The molecule has 2 aromatic rings. The van der Waals surface area contributed by atoms with Crippen LogP contribution in [0, 0.1) is 27.7 Å². The zero-order chi connectivity index (χ0) is 27.5. The summed E-state index contributed by atoms with van der Waals surface area (Å²) in [5.41, 5.74) is 8.57. The van der Waals surface area contributed by atoms with Crippen LogP contribution in [0.1, 0.15) is 43.0 Å². The van der Waals surface area contributed by atoms with Gasteiger partial charge < -0.3 is 25.1 Å². The zero-order valence-corrected chi connectivity index (χ0v) is 21.8. The molecule has 0 aromatic heterocycles. The lowest BCUT2D eigenvalue weighted by molar-refractivity contribution is -0.139. The number of nitrogens with one attached hydrogen (secondary N) is 1. The molecule has 0 spiro atoms. The second kappa shape index (κ2) is 13.7. The number of benzene rings is 2. The Morgan fingerprint density at radius 3 is 1.67 bits per heavy atom. The predicted octanol–water partition coefficient (Wildman–Crippen LogP) is 3.82. The topological polar surface area (TPSA) is 150 Å². The Balaban J connectivity index is 0.000000420. The molecular weight excluding hydrogens is 466 g/mol. The van der Waals surface area contributed by atoms with E-state index in [2.05, 4.69) is 10.3 Å². The summed E-state index contributed by atoms with van der Waals surface area (Å²) >= 11 is 0. The van der Waals surface area contributed by atoms with E-state index < -0.39 is 23.6 Å². The number of nitrogens with two attached hydrogens (primary N) is 1. The van der Waals surface area contributed by atoms with Crippen molar-refractivity contribution in [1.29, 1.82) is 0 Å². The molecule has 0 saturated heterocycles. The number of hydrogen-bond donors (Lipinski definition) is 3. The zero-order valence-electron chi connectivity index (χ0n) is 21.8. The molecule has 2 amide bonds. The first-order chi connectivity index (χ1) is 16.7. The standard InChI is InChI=1S/C16H23N3O4.C10H12O3/c1-10-7-6-8-11(2)13(10)22-9-12(20)18-14(17)19-15(21)23-16(3,4)5;1-7-4-3-5-8(2)10(7)13-6-9(11)12/h6-8H,9H2,1-5H3,(H3,17,18,19,20,21);3-5H,6H2,1-2H3,(H,11,12). The van der Waals surface area contributed by atoms with Gasteiger partial charge in [-0.2, -0.15) is 0 Å². The van der Waals surface area contributed by atoms with Crippen LogP contribution in [0.15, 0.2) is 41.4 Å². The summed E-state index contributed by atoms with van der Waals surface area (Å²) in [6.07, 6.45) is -0.869.